The number of aromatic nitrogens is 4. The van der Waals surface area contributed by atoms with Crippen LogP contribution < -0.4 is 11.0 Å². The maximum Gasteiger partial charge on any atom is 0.326 e. The maximum atomic E-state index is 14.3. The Hall–Kier alpha value is -3.95. The third-order valence-corrected chi connectivity index (χ3v) is 15.1. The Balaban J connectivity index is 1.06. The van der Waals surface area contributed by atoms with E-state index in [1.165, 1.54) is 19.3 Å². The number of para-hydroxylation sites is 2. The number of hydrogen-bond acceptors (Lipinski definition) is 7. The smallest absolute Gasteiger partial charge is 0.326 e. The van der Waals surface area contributed by atoms with E-state index in [9.17, 15) is 22.8 Å². The maximum absolute atomic E-state index is 14.3. The van der Waals surface area contributed by atoms with Gasteiger partial charge in [-0.05, 0) is 87.5 Å². The number of piperidine rings is 3. The van der Waals surface area contributed by atoms with Crippen LogP contribution in [-0.4, -0.2) is 119 Å². The molecule has 3 fully saturated rings. The van der Waals surface area contributed by atoms with Crippen molar-refractivity contribution in [3.63, 3.8) is 0 Å². The van der Waals surface area contributed by atoms with Gasteiger partial charge in [0.05, 0.1) is 28.5 Å². The molecule has 3 aliphatic rings. The van der Waals surface area contributed by atoms with E-state index in [1.54, 1.807) is 21.7 Å². The fraction of sp³-hybridized carbons (Fsp3) is 0.579. The van der Waals surface area contributed by atoms with E-state index in [2.05, 4.69) is 39.9 Å². The fourth-order valence-electron chi connectivity index (χ4n) is 8.32. The van der Waals surface area contributed by atoms with Crippen molar-refractivity contribution in [2.45, 2.75) is 95.2 Å². The molecule has 2 N–H and O–H groups in total. The molecular weight excluding hydrogens is 709 g/mol. The number of carbonyl (C=O) groups is 2. The molecule has 1 atom stereocenters. The summed E-state index contributed by atoms with van der Waals surface area (Å²) >= 11 is 0. The van der Waals surface area contributed by atoms with E-state index in [0.717, 1.165) is 46.6 Å². The van der Waals surface area contributed by atoms with Gasteiger partial charge in [0.15, 0.2) is 0 Å². The minimum atomic E-state index is -3.62. The molecule has 2 aromatic heterocycles. The van der Waals surface area contributed by atoms with Gasteiger partial charge in [-0.1, -0.05) is 44.3 Å². The molecule has 0 radical (unpaired) electrons. The third-order valence-electron chi connectivity index (χ3n) is 11.4. The van der Waals surface area contributed by atoms with Crippen LogP contribution in [0.15, 0.2) is 53.5 Å². The van der Waals surface area contributed by atoms with Crippen molar-refractivity contribution in [2.24, 2.45) is 0 Å². The first-order valence-corrected chi connectivity index (χ1v) is 24.7. The number of H-pyrrole nitrogens is 1. The van der Waals surface area contributed by atoms with Crippen LogP contribution in [-0.2, 0) is 21.2 Å². The zero-order valence-corrected chi connectivity index (χ0v) is 33.1. The van der Waals surface area contributed by atoms with Crippen LogP contribution in [0.5, 0.6) is 0 Å². The van der Waals surface area contributed by atoms with Crippen LogP contribution in [0.25, 0.3) is 21.9 Å². The van der Waals surface area contributed by atoms with Crippen molar-refractivity contribution in [3.8, 4) is 0 Å². The lowest BCUT2D eigenvalue weighted by molar-refractivity contribution is -0.134. The predicted octanol–water partition coefficient (Wildman–Crippen LogP) is 4.63. The molecule has 4 aromatic rings. The number of fused-ring (bicyclic) bond motifs is 2. The normalized spacial score (nSPS) is 19.2. The Bertz CT molecular complexity index is 2100. The lowest BCUT2D eigenvalue weighted by atomic mass is 9.98. The highest BCUT2D eigenvalue weighted by Crippen LogP contribution is 2.27. The summed E-state index contributed by atoms with van der Waals surface area (Å²) in [4.78, 5) is 50.1. The highest BCUT2D eigenvalue weighted by atomic mass is 32.2. The lowest BCUT2D eigenvalue weighted by Crippen LogP contribution is -2.56. The van der Waals surface area contributed by atoms with Crippen molar-refractivity contribution < 1.29 is 18.0 Å². The average Bonchev–Trinajstić information content (AvgIpc) is 3.74. The highest BCUT2D eigenvalue weighted by Gasteiger charge is 2.34. The van der Waals surface area contributed by atoms with Gasteiger partial charge in [-0.3, -0.25) is 9.36 Å². The van der Waals surface area contributed by atoms with Crippen LogP contribution in [0, 0.1) is 0 Å². The SMILES string of the molecule is C[Si](C)(C)CCS(=O)(=O)n1ncc2cc(CC(NC(=O)N3CCC(n4c(=O)[nH]c5ccccc54)CC3)C(=O)N3CCC(N4CCCCC4)CC3)ccc21. The topological polar surface area (TPSA) is 146 Å². The van der Waals surface area contributed by atoms with Crippen LogP contribution >= 0.6 is 0 Å². The summed E-state index contributed by atoms with van der Waals surface area (Å²) in [6.45, 7) is 10.9. The van der Waals surface area contributed by atoms with Crippen LogP contribution in [0.3, 0.4) is 0 Å². The molecule has 13 nitrogen and oxygen atoms in total. The zero-order chi connectivity index (χ0) is 37.3. The zero-order valence-electron chi connectivity index (χ0n) is 31.3. The van der Waals surface area contributed by atoms with Crippen molar-refractivity contribution in [3.05, 3.63) is 64.7 Å². The Morgan fingerprint density at radius 3 is 2.28 bits per heavy atom. The van der Waals surface area contributed by atoms with Gasteiger partial charge in [0.1, 0.15) is 6.04 Å². The lowest BCUT2D eigenvalue weighted by Gasteiger charge is -2.41. The monoisotopic (exact) mass is 762 g/mol. The van der Waals surface area contributed by atoms with Crippen molar-refractivity contribution in [2.75, 3.05) is 45.0 Å². The second-order valence-corrected chi connectivity index (χ2v) is 23.9. The number of rotatable bonds is 10. The molecule has 5 heterocycles. The summed E-state index contributed by atoms with van der Waals surface area (Å²) in [5.41, 5.74) is 2.84. The number of aromatic amines is 1. The van der Waals surface area contributed by atoms with Crippen LogP contribution in [0.2, 0.25) is 25.7 Å². The molecule has 53 heavy (non-hydrogen) atoms. The highest BCUT2D eigenvalue weighted by molar-refractivity contribution is 7.90. The summed E-state index contributed by atoms with van der Waals surface area (Å²) in [6.07, 6.45) is 8.67. The quantitative estimate of drug-likeness (QED) is 0.224. The Morgan fingerprint density at radius 1 is 0.887 bits per heavy atom. The molecule has 0 bridgehead atoms. The second-order valence-electron chi connectivity index (χ2n) is 16.4. The standard InChI is InChI=1S/C38H54N8O5SSi/c1-53(2,3)24-23-52(50,51)46-34-12-11-28(25-29(34)27-39-46)26-33(36(47)43-19-13-30(14-20-43)42-17-7-4-8-18-42)41-37(48)44-21-15-31(16-22-44)45-35-10-6-5-9-32(35)40-38(45)49/h5-6,9-12,25,27,30-31,33H,4,7-8,13-24,26H2,1-3H3,(H,40,49)(H,41,48). The number of carbonyl (C=O) groups excluding carboxylic acids is 2. The molecule has 1 unspecified atom stereocenters. The molecular formula is C38H54N8O5SSi. The molecule has 286 valence electrons. The van der Waals surface area contributed by atoms with E-state index < -0.39 is 24.1 Å². The van der Waals surface area contributed by atoms with Crippen molar-refractivity contribution in [1.29, 1.82) is 0 Å². The second kappa shape index (κ2) is 15.4. The minimum Gasteiger partial charge on any atom is -0.341 e. The van der Waals surface area contributed by atoms with Gasteiger partial charge in [0, 0.05) is 58.1 Å². The number of hydrogen-bond donors (Lipinski definition) is 2. The third kappa shape index (κ3) is 8.41. The van der Waals surface area contributed by atoms with E-state index in [0.29, 0.717) is 62.0 Å². The molecule has 0 spiro atoms. The van der Waals surface area contributed by atoms with Crippen LogP contribution in [0.1, 0.15) is 56.6 Å². The number of amides is 3. The molecule has 0 saturated carbocycles. The first-order chi connectivity index (χ1) is 25.4. The number of imidazole rings is 1. The van der Waals surface area contributed by atoms with Gasteiger partial charge in [-0.15, -0.1) is 0 Å². The first kappa shape index (κ1) is 37.4. The summed E-state index contributed by atoms with van der Waals surface area (Å²) in [7, 11) is -5.20. The largest absolute Gasteiger partial charge is 0.341 e. The molecule has 3 saturated heterocycles. The Morgan fingerprint density at radius 2 is 1.57 bits per heavy atom. The van der Waals surface area contributed by atoms with E-state index in [4.69, 9.17) is 0 Å². The fourth-order valence-corrected chi connectivity index (χ4v) is 12.6. The molecule has 2 aromatic carbocycles. The Labute approximate surface area is 312 Å². The number of urea groups is 1. The number of likely N-dealkylation sites (tertiary alicyclic amines) is 3. The van der Waals surface area contributed by atoms with Gasteiger partial charge < -0.3 is 25.0 Å². The first-order valence-electron chi connectivity index (χ1n) is 19.3. The minimum absolute atomic E-state index is 0.0340. The van der Waals surface area contributed by atoms with Gasteiger partial charge >= 0.3 is 11.7 Å². The number of nitrogens with zero attached hydrogens (tertiary/aromatic N) is 6. The molecule has 0 aliphatic carbocycles. The van der Waals surface area contributed by atoms with E-state index in [-0.39, 0.29) is 35.8 Å². The number of nitrogens with one attached hydrogen (secondary N) is 2. The Kier molecular flexibility index (Phi) is 10.9. The summed E-state index contributed by atoms with van der Waals surface area (Å²) in [5.74, 6) is -0.0472. The van der Waals surface area contributed by atoms with Crippen molar-refractivity contribution >= 4 is 52.0 Å². The summed E-state index contributed by atoms with van der Waals surface area (Å²) in [6, 6.07) is 13.1. The summed E-state index contributed by atoms with van der Waals surface area (Å²) in [5, 5.41) is 8.04. The summed E-state index contributed by atoms with van der Waals surface area (Å²) < 4.78 is 29.4. The molecule has 3 aliphatic heterocycles. The van der Waals surface area contributed by atoms with Crippen LogP contribution in [0.4, 0.5) is 4.79 Å². The average molecular weight is 763 g/mol. The van der Waals surface area contributed by atoms with Gasteiger partial charge in [0.25, 0.3) is 10.0 Å². The van der Waals surface area contributed by atoms with Gasteiger partial charge in [-0.2, -0.15) is 9.19 Å². The molecule has 3 amide bonds. The van der Waals surface area contributed by atoms with E-state index in [1.807, 2.05) is 41.3 Å². The van der Waals surface area contributed by atoms with E-state index >= 15 is 0 Å². The molecule has 15 heteroatoms. The molecule has 7 rings (SSSR count). The van der Waals surface area contributed by atoms with Gasteiger partial charge in [0.2, 0.25) is 5.91 Å². The van der Waals surface area contributed by atoms with Crippen molar-refractivity contribution in [1.82, 2.24) is 38.8 Å². The predicted molar refractivity (Wildman–Crippen MR) is 211 cm³/mol. The van der Waals surface area contributed by atoms with Gasteiger partial charge in [-0.25, -0.2) is 18.0 Å². The number of benzene rings is 2.